The van der Waals surface area contributed by atoms with Gasteiger partial charge in [0.1, 0.15) is 0 Å². The normalized spacial score (nSPS) is 11.8. The molecule has 7 heteroatoms. The predicted molar refractivity (Wildman–Crippen MR) is 112 cm³/mol. The molecule has 0 aliphatic carbocycles. The fourth-order valence-electron chi connectivity index (χ4n) is 2.79. The van der Waals surface area contributed by atoms with E-state index in [1.807, 2.05) is 30.5 Å². The summed E-state index contributed by atoms with van der Waals surface area (Å²) in [6.45, 7) is 10.1. The molecule has 2 rings (SSSR count). The number of amides is 1. The lowest BCUT2D eigenvalue weighted by Crippen LogP contribution is -2.36. The van der Waals surface area contributed by atoms with Crippen LogP contribution in [0.4, 0.5) is 0 Å². The van der Waals surface area contributed by atoms with Crippen molar-refractivity contribution < 1.29 is 4.79 Å². The number of likely N-dealkylation sites (N-methyl/N-ethyl adjacent to an activating group) is 1. The first-order valence-corrected chi connectivity index (χ1v) is 9.74. The van der Waals surface area contributed by atoms with Crippen molar-refractivity contribution >= 4 is 18.1 Å². The Morgan fingerprint density at radius 1 is 1.26 bits per heavy atom. The Labute approximate surface area is 167 Å². The second-order valence-electron chi connectivity index (χ2n) is 8.00. The minimum atomic E-state index is 0.0137. The molecule has 0 unspecified atom stereocenters. The molecule has 2 aromatic rings. The molecule has 0 spiro atoms. The third-order valence-electron chi connectivity index (χ3n) is 4.41. The monoisotopic (exact) mass is 389 g/mol. The number of hydrogen-bond donors (Lipinski definition) is 1. The van der Waals surface area contributed by atoms with Crippen molar-refractivity contribution in [1.82, 2.24) is 24.6 Å². The van der Waals surface area contributed by atoms with Gasteiger partial charge in [0, 0.05) is 19.2 Å². The van der Waals surface area contributed by atoms with Crippen LogP contribution in [0.25, 0.3) is 11.4 Å². The number of nitrogens with one attached hydrogen (secondary N) is 1. The summed E-state index contributed by atoms with van der Waals surface area (Å²) in [6.07, 6.45) is 0.929. The topological polar surface area (TPSA) is 55.1 Å². The second kappa shape index (κ2) is 8.80. The largest absolute Gasteiger partial charge is 0.355 e. The van der Waals surface area contributed by atoms with Crippen LogP contribution in [-0.2, 0) is 23.9 Å². The first-order valence-electron chi connectivity index (χ1n) is 9.33. The molecular weight excluding hydrogens is 358 g/mol. The van der Waals surface area contributed by atoms with Gasteiger partial charge in [0.25, 0.3) is 0 Å². The molecule has 1 heterocycles. The molecule has 0 bridgehead atoms. The summed E-state index contributed by atoms with van der Waals surface area (Å²) in [4.78, 5) is 13.8. The minimum absolute atomic E-state index is 0.0137. The summed E-state index contributed by atoms with van der Waals surface area (Å²) in [5, 5.41) is 7.56. The summed E-state index contributed by atoms with van der Waals surface area (Å²) in [6, 6.07) is 8.46. The molecule has 1 aromatic heterocycles. The number of carbonyl (C=O) groups excluding carboxylic acids is 1. The average Bonchev–Trinajstić information content (AvgIpc) is 2.87. The van der Waals surface area contributed by atoms with Crippen LogP contribution in [-0.4, -0.2) is 45.3 Å². The van der Waals surface area contributed by atoms with Gasteiger partial charge in [0.15, 0.2) is 10.6 Å². The van der Waals surface area contributed by atoms with Gasteiger partial charge in [-0.05, 0) is 36.7 Å². The van der Waals surface area contributed by atoms with Crippen molar-refractivity contribution in [2.75, 3.05) is 20.1 Å². The van der Waals surface area contributed by atoms with Crippen molar-refractivity contribution in [3.63, 3.8) is 0 Å². The Bertz CT molecular complexity index is 830. The van der Waals surface area contributed by atoms with Crippen LogP contribution >= 0.6 is 12.2 Å². The zero-order valence-electron chi connectivity index (χ0n) is 17.2. The number of carbonyl (C=O) groups is 1. The summed E-state index contributed by atoms with van der Waals surface area (Å²) >= 11 is 5.54. The highest BCUT2D eigenvalue weighted by molar-refractivity contribution is 7.71. The molecule has 0 aliphatic heterocycles. The SMILES string of the molecule is CCCNC(=O)CN(C)Cn1nc(-c2ccc(C(C)(C)C)cc2)n(C)c1=S. The Morgan fingerprint density at radius 3 is 2.44 bits per heavy atom. The van der Waals surface area contributed by atoms with Crippen LogP contribution in [0.15, 0.2) is 24.3 Å². The van der Waals surface area contributed by atoms with E-state index in [1.54, 1.807) is 4.68 Å². The van der Waals surface area contributed by atoms with E-state index in [0.29, 0.717) is 24.5 Å². The van der Waals surface area contributed by atoms with Crippen LogP contribution < -0.4 is 5.32 Å². The standard InChI is InChI=1S/C20H31N5OS/c1-7-12-21-17(26)13-23(5)14-25-19(27)24(6)18(22-25)15-8-10-16(11-9-15)20(2,3)4/h8-11H,7,12-14H2,1-6H3,(H,21,26). The van der Waals surface area contributed by atoms with Crippen LogP contribution in [0.2, 0.25) is 0 Å². The van der Waals surface area contributed by atoms with E-state index in [9.17, 15) is 4.79 Å². The quantitative estimate of drug-likeness (QED) is 0.738. The van der Waals surface area contributed by atoms with Gasteiger partial charge in [0.05, 0.1) is 13.2 Å². The molecule has 0 fully saturated rings. The van der Waals surface area contributed by atoms with Crippen molar-refractivity contribution in [3.05, 3.63) is 34.6 Å². The van der Waals surface area contributed by atoms with E-state index < -0.39 is 0 Å². The molecule has 6 nitrogen and oxygen atoms in total. The van der Waals surface area contributed by atoms with Crippen LogP contribution in [0, 0.1) is 4.77 Å². The molecule has 27 heavy (non-hydrogen) atoms. The molecule has 0 atom stereocenters. The summed E-state index contributed by atoms with van der Waals surface area (Å²) < 4.78 is 4.30. The molecular formula is C20H31N5OS. The van der Waals surface area contributed by atoms with Crippen LogP contribution in [0.3, 0.4) is 0 Å². The molecule has 1 aromatic carbocycles. The van der Waals surface area contributed by atoms with E-state index in [-0.39, 0.29) is 11.3 Å². The van der Waals surface area contributed by atoms with Gasteiger partial charge >= 0.3 is 0 Å². The number of nitrogens with zero attached hydrogens (tertiary/aromatic N) is 4. The lowest BCUT2D eigenvalue weighted by molar-refractivity contribution is -0.122. The fourth-order valence-corrected chi connectivity index (χ4v) is 2.98. The number of aromatic nitrogens is 3. The van der Waals surface area contributed by atoms with Gasteiger partial charge < -0.3 is 9.88 Å². The maximum absolute atomic E-state index is 11.9. The number of rotatable bonds is 7. The molecule has 0 saturated carbocycles. The van der Waals surface area contributed by atoms with E-state index in [1.165, 1.54) is 5.56 Å². The lowest BCUT2D eigenvalue weighted by Gasteiger charge is -2.19. The van der Waals surface area contributed by atoms with E-state index in [2.05, 4.69) is 55.5 Å². The van der Waals surface area contributed by atoms with Crippen molar-refractivity contribution in [2.45, 2.75) is 46.2 Å². The van der Waals surface area contributed by atoms with Crippen molar-refractivity contribution in [3.8, 4) is 11.4 Å². The van der Waals surface area contributed by atoms with Gasteiger partial charge in [-0.15, -0.1) is 0 Å². The zero-order valence-corrected chi connectivity index (χ0v) is 18.1. The predicted octanol–water partition coefficient (Wildman–Crippen LogP) is 3.33. The Morgan fingerprint density at radius 2 is 1.89 bits per heavy atom. The van der Waals surface area contributed by atoms with Gasteiger partial charge in [-0.3, -0.25) is 9.69 Å². The Balaban J connectivity index is 2.16. The van der Waals surface area contributed by atoms with Crippen LogP contribution in [0.1, 0.15) is 39.7 Å². The van der Waals surface area contributed by atoms with E-state index in [4.69, 9.17) is 12.2 Å². The second-order valence-corrected chi connectivity index (χ2v) is 8.36. The smallest absolute Gasteiger partial charge is 0.234 e. The summed E-state index contributed by atoms with van der Waals surface area (Å²) in [7, 11) is 3.81. The highest BCUT2D eigenvalue weighted by atomic mass is 32.1. The molecule has 1 amide bonds. The zero-order chi connectivity index (χ0) is 20.2. The highest BCUT2D eigenvalue weighted by Crippen LogP contribution is 2.25. The van der Waals surface area contributed by atoms with Crippen LogP contribution in [0.5, 0.6) is 0 Å². The van der Waals surface area contributed by atoms with Crippen molar-refractivity contribution in [1.29, 1.82) is 0 Å². The molecule has 1 N–H and O–H groups in total. The first kappa shape index (κ1) is 21.3. The minimum Gasteiger partial charge on any atom is -0.355 e. The van der Waals surface area contributed by atoms with Gasteiger partial charge in [0.2, 0.25) is 5.91 Å². The summed E-state index contributed by atoms with van der Waals surface area (Å²) in [5.74, 6) is 0.837. The Hall–Kier alpha value is -1.99. The maximum Gasteiger partial charge on any atom is 0.234 e. The summed E-state index contributed by atoms with van der Waals surface area (Å²) in [5.41, 5.74) is 2.42. The molecule has 0 radical (unpaired) electrons. The third kappa shape index (κ3) is 5.49. The van der Waals surface area contributed by atoms with E-state index >= 15 is 0 Å². The first-order chi connectivity index (χ1) is 12.6. The fraction of sp³-hybridized carbons (Fsp3) is 0.550. The molecule has 0 saturated heterocycles. The molecule has 148 valence electrons. The highest BCUT2D eigenvalue weighted by Gasteiger charge is 2.16. The van der Waals surface area contributed by atoms with Crippen molar-refractivity contribution in [2.24, 2.45) is 7.05 Å². The maximum atomic E-state index is 11.9. The van der Waals surface area contributed by atoms with Gasteiger partial charge in [-0.1, -0.05) is 52.0 Å². The van der Waals surface area contributed by atoms with Gasteiger partial charge in [-0.2, -0.15) is 5.10 Å². The number of benzene rings is 1. The Kier molecular flexibility index (Phi) is 6.95. The average molecular weight is 390 g/mol. The molecule has 0 aliphatic rings. The third-order valence-corrected chi connectivity index (χ3v) is 4.90. The number of hydrogen-bond acceptors (Lipinski definition) is 4. The van der Waals surface area contributed by atoms with Gasteiger partial charge in [-0.25, -0.2) is 4.68 Å². The lowest BCUT2D eigenvalue weighted by atomic mass is 9.87. The van der Waals surface area contributed by atoms with E-state index in [0.717, 1.165) is 17.8 Å².